The minimum atomic E-state index is 0.259. The average molecular weight is 236 g/mol. The van der Waals surface area contributed by atoms with E-state index >= 15 is 0 Å². The summed E-state index contributed by atoms with van der Waals surface area (Å²) >= 11 is 0. The molecule has 0 unspecified atom stereocenters. The summed E-state index contributed by atoms with van der Waals surface area (Å²) < 4.78 is 5.38. The third kappa shape index (κ3) is 4.75. The molecule has 1 rings (SSSR count). The van der Waals surface area contributed by atoms with Gasteiger partial charge in [0.1, 0.15) is 5.75 Å². The molecule has 0 amide bonds. The molecule has 17 heavy (non-hydrogen) atoms. The lowest BCUT2D eigenvalue weighted by Gasteiger charge is -2.15. The molecule has 1 aromatic rings. The van der Waals surface area contributed by atoms with Crippen LogP contribution >= 0.6 is 0 Å². The van der Waals surface area contributed by atoms with E-state index in [0.717, 1.165) is 25.1 Å². The fourth-order valence-corrected chi connectivity index (χ4v) is 1.85. The molecule has 3 nitrogen and oxygen atoms in total. The molecule has 0 spiro atoms. The van der Waals surface area contributed by atoms with Gasteiger partial charge in [-0.15, -0.1) is 0 Å². The van der Waals surface area contributed by atoms with Crippen LogP contribution < -0.4 is 10.5 Å². The highest BCUT2D eigenvalue weighted by Crippen LogP contribution is 2.21. The largest absolute Gasteiger partial charge is 0.496 e. The maximum absolute atomic E-state index is 5.78. The van der Waals surface area contributed by atoms with Gasteiger partial charge in [0.2, 0.25) is 0 Å². The van der Waals surface area contributed by atoms with Crippen molar-refractivity contribution in [3.05, 3.63) is 29.3 Å². The van der Waals surface area contributed by atoms with E-state index in [1.807, 2.05) is 6.92 Å². The monoisotopic (exact) mass is 236 g/mol. The van der Waals surface area contributed by atoms with E-state index in [-0.39, 0.29) is 6.04 Å². The summed E-state index contributed by atoms with van der Waals surface area (Å²) in [5.74, 6) is 0.961. The molecule has 1 atom stereocenters. The van der Waals surface area contributed by atoms with Gasteiger partial charge in [0.25, 0.3) is 0 Å². The predicted octanol–water partition coefficient (Wildman–Crippen LogP) is 2.04. The van der Waals surface area contributed by atoms with Gasteiger partial charge >= 0.3 is 0 Å². The molecule has 0 aliphatic heterocycles. The third-order valence-corrected chi connectivity index (χ3v) is 2.72. The zero-order valence-corrected chi connectivity index (χ0v) is 11.4. The SMILES string of the molecule is COc1ccc(CC[C@@H](C)N)cc1CN(C)C. The lowest BCUT2D eigenvalue weighted by molar-refractivity contribution is 0.371. The number of benzene rings is 1. The lowest BCUT2D eigenvalue weighted by Crippen LogP contribution is -2.15. The topological polar surface area (TPSA) is 38.5 Å². The Bertz CT molecular complexity index is 348. The first kappa shape index (κ1) is 14.0. The van der Waals surface area contributed by atoms with Gasteiger partial charge in [-0.1, -0.05) is 12.1 Å². The van der Waals surface area contributed by atoms with Crippen LogP contribution in [0.3, 0.4) is 0 Å². The molecule has 96 valence electrons. The van der Waals surface area contributed by atoms with E-state index in [4.69, 9.17) is 10.5 Å². The number of nitrogens with zero attached hydrogens (tertiary/aromatic N) is 1. The van der Waals surface area contributed by atoms with Gasteiger partial charge in [-0.2, -0.15) is 0 Å². The Labute approximate surface area is 105 Å². The van der Waals surface area contributed by atoms with Crippen molar-refractivity contribution in [2.24, 2.45) is 5.73 Å². The Kier molecular flexibility index (Phi) is 5.45. The quantitative estimate of drug-likeness (QED) is 0.821. The fraction of sp³-hybridized carbons (Fsp3) is 0.571. The molecule has 0 saturated heterocycles. The summed E-state index contributed by atoms with van der Waals surface area (Å²) in [7, 11) is 5.85. The second-order valence-corrected chi connectivity index (χ2v) is 4.90. The summed E-state index contributed by atoms with van der Waals surface area (Å²) in [6.45, 7) is 2.94. The van der Waals surface area contributed by atoms with Crippen LogP contribution in [0.1, 0.15) is 24.5 Å². The zero-order valence-electron chi connectivity index (χ0n) is 11.4. The molecule has 1 aromatic carbocycles. The highest BCUT2D eigenvalue weighted by molar-refractivity contribution is 5.37. The van der Waals surface area contributed by atoms with Crippen LogP contribution in [0.15, 0.2) is 18.2 Å². The number of rotatable bonds is 6. The molecule has 0 aliphatic rings. The molecular formula is C14H24N2O. The van der Waals surface area contributed by atoms with Crippen LogP contribution in [-0.4, -0.2) is 32.1 Å². The highest BCUT2D eigenvalue weighted by atomic mass is 16.5. The van der Waals surface area contributed by atoms with Crippen molar-refractivity contribution in [1.82, 2.24) is 4.90 Å². The fourth-order valence-electron chi connectivity index (χ4n) is 1.85. The number of nitrogens with two attached hydrogens (primary N) is 1. The first-order valence-electron chi connectivity index (χ1n) is 6.09. The van der Waals surface area contributed by atoms with Crippen molar-refractivity contribution < 1.29 is 4.74 Å². The number of hydrogen-bond acceptors (Lipinski definition) is 3. The molecule has 0 radical (unpaired) electrons. The highest BCUT2D eigenvalue weighted by Gasteiger charge is 2.06. The van der Waals surface area contributed by atoms with Crippen LogP contribution in [-0.2, 0) is 13.0 Å². The van der Waals surface area contributed by atoms with E-state index < -0.39 is 0 Å². The Hall–Kier alpha value is -1.06. The number of hydrogen-bond donors (Lipinski definition) is 1. The van der Waals surface area contributed by atoms with Gasteiger partial charge in [-0.25, -0.2) is 0 Å². The van der Waals surface area contributed by atoms with Crippen molar-refractivity contribution in [2.75, 3.05) is 21.2 Å². The number of ether oxygens (including phenoxy) is 1. The molecule has 2 N–H and O–H groups in total. The van der Waals surface area contributed by atoms with E-state index in [0.29, 0.717) is 0 Å². The van der Waals surface area contributed by atoms with Crippen LogP contribution in [0, 0.1) is 0 Å². The van der Waals surface area contributed by atoms with E-state index in [1.54, 1.807) is 7.11 Å². The van der Waals surface area contributed by atoms with Crippen molar-refractivity contribution in [2.45, 2.75) is 32.4 Å². The Balaban J connectivity index is 2.80. The summed E-state index contributed by atoms with van der Waals surface area (Å²) in [5, 5.41) is 0. The Morgan fingerprint density at radius 3 is 2.59 bits per heavy atom. The first-order valence-corrected chi connectivity index (χ1v) is 6.09. The molecular weight excluding hydrogens is 212 g/mol. The molecule has 3 heteroatoms. The van der Waals surface area contributed by atoms with Crippen LogP contribution in [0.4, 0.5) is 0 Å². The molecule has 0 heterocycles. The van der Waals surface area contributed by atoms with Gasteiger partial charge in [0.05, 0.1) is 7.11 Å². The first-order chi connectivity index (χ1) is 8.02. The van der Waals surface area contributed by atoms with Gasteiger partial charge < -0.3 is 15.4 Å². The van der Waals surface area contributed by atoms with Gasteiger partial charge in [0.15, 0.2) is 0 Å². The Morgan fingerprint density at radius 2 is 2.06 bits per heavy atom. The van der Waals surface area contributed by atoms with Crippen LogP contribution in [0.5, 0.6) is 5.75 Å². The second-order valence-electron chi connectivity index (χ2n) is 4.90. The maximum atomic E-state index is 5.78. The Morgan fingerprint density at radius 1 is 1.35 bits per heavy atom. The lowest BCUT2D eigenvalue weighted by atomic mass is 10.0. The van der Waals surface area contributed by atoms with E-state index in [9.17, 15) is 0 Å². The van der Waals surface area contributed by atoms with Gasteiger partial charge in [0, 0.05) is 18.2 Å². The number of methoxy groups -OCH3 is 1. The average Bonchev–Trinajstić information content (AvgIpc) is 2.25. The molecule has 0 saturated carbocycles. The second kappa shape index (κ2) is 6.62. The normalized spacial score (nSPS) is 12.8. The van der Waals surface area contributed by atoms with Crippen molar-refractivity contribution >= 4 is 0 Å². The molecule has 0 fully saturated rings. The maximum Gasteiger partial charge on any atom is 0.123 e. The summed E-state index contributed by atoms with van der Waals surface area (Å²) in [6.07, 6.45) is 2.05. The molecule has 0 bridgehead atoms. The summed E-state index contributed by atoms with van der Waals surface area (Å²) in [4.78, 5) is 2.15. The smallest absolute Gasteiger partial charge is 0.123 e. The van der Waals surface area contributed by atoms with Gasteiger partial charge in [-0.05, 0) is 45.5 Å². The zero-order chi connectivity index (χ0) is 12.8. The molecule has 0 aromatic heterocycles. The van der Waals surface area contributed by atoms with Crippen molar-refractivity contribution in [3.63, 3.8) is 0 Å². The van der Waals surface area contributed by atoms with E-state index in [1.165, 1.54) is 11.1 Å². The summed E-state index contributed by atoms with van der Waals surface area (Å²) in [6, 6.07) is 6.66. The van der Waals surface area contributed by atoms with Crippen LogP contribution in [0.2, 0.25) is 0 Å². The van der Waals surface area contributed by atoms with Gasteiger partial charge in [-0.3, -0.25) is 0 Å². The van der Waals surface area contributed by atoms with Crippen molar-refractivity contribution in [1.29, 1.82) is 0 Å². The van der Waals surface area contributed by atoms with E-state index in [2.05, 4.69) is 37.2 Å². The standard InChI is InChI=1S/C14H24N2O/c1-11(15)5-6-12-7-8-14(17-4)13(9-12)10-16(2)3/h7-9,11H,5-6,10,15H2,1-4H3/t11-/m1/s1. The van der Waals surface area contributed by atoms with Crippen molar-refractivity contribution in [3.8, 4) is 5.75 Å². The van der Waals surface area contributed by atoms with Crippen LogP contribution in [0.25, 0.3) is 0 Å². The minimum absolute atomic E-state index is 0.259. The molecule has 0 aliphatic carbocycles. The number of aryl methyl sites for hydroxylation is 1. The predicted molar refractivity (Wildman–Crippen MR) is 72.4 cm³/mol. The minimum Gasteiger partial charge on any atom is -0.496 e. The third-order valence-electron chi connectivity index (χ3n) is 2.72. The summed E-state index contributed by atoms with van der Waals surface area (Å²) in [5.41, 5.74) is 8.35.